The molecule has 6 heteroatoms. The van der Waals surface area contributed by atoms with E-state index < -0.39 is 0 Å². The van der Waals surface area contributed by atoms with Crippen LogP contribution in [0.5, 0.6) is 0 Å². The Bertz CT molecular complexity index is 816. The molecule has 132 valence electrons. The standard InChI is InChI=1S/C19H25N5O/c1-13-10-14(2)21-19(20-13)23-8-6-15(7-9-23)12-24-18(25)11-16-4-3-5-17(16)22-24/h10-11,15H,3-9,12H2,1-2H3. The Hall–Kier alpha value is -2.24. The molecule has 0 atom stereocenters. The van der Waals surface area contributed by atoms with Gasteiger partial charge in [0.25, 0.3) is 5.56 Å². The summed E-state index contributed by atoms with van der Waals surface area (Å²) in [6, 6.07) is 3.80. The van der Waals surface area contributed by atoms with Crippen molar-refractivity contribution < 1.29 is 0 Å². The maximum Gasteiger partial charge on any atom is 0.267 e. The van der Waals surface area contributed by atoms with Crippen LogP contribution in [0, 0.1) is 19.8 Å². The van der Waals surface area contributed by atoms with Crippen LogP contribution in [0.15, 0.2) is 16.9 Å². The van der Waals surface area contributed by atoms with Gasteiger partial charge in [0, 0.05) is 37.1 Å². The number of anilines is 1. The van der Waals surface area contributed by atoms with Gasteiger partial charge >= 0.3 is 0 Å². The van der Waals surface area contributed by atoms with Gasteiger partial charge in [0.15, 0.2) is 0 Å². The molecular weight excluding hydrogens is 314 g/mol. The monoisotopic (exact) mass is 339 g/mol. The number of hydrogen-bond donors (Lipinski definition) is 0. The molecule has 3 heterocycles. The van der Waals surface area contributed by atoms with Crippen molar-refractivity contribution in [3.05, 3.63) is 45.1 Å². The third kappa shape index (κ3) is 3.43. The molecule has 0 saturated carbocycles. The van der Waals surface area contributed by atoms with Gasteiger partial charge in [-0.25, -0.2) is 14.6 Å². The molecule has 25 heavy (non-hydrogen) atoms. The molecule has 0 N–H and O–H groups in total. The zero-order chi connectivity index (χ0) is 17.4. The molecule has 6 nitrogen and oxygen atoms in total. The summed E-state index contributed by atoms with van der Waals surface area (Å²) in [7, 11) is 0. The number of fused-ring (bicyclic) bond motifs is 1. The van der Waals surface area contributed by atoms with Crippen molar-refractivity contribution in [2.75, 3.05) is 18.0 Å². The van der Waals surface area contributed by atoms with E-state index in [9.17, 15) is 4.79 Å². The van der Waals surface area contributed by atoms with Gasteiger partial charge in [-0.2, -0.15) is 5.10 Å². The van der Waals surface area contributed by atoms with Crippen LogP contribution in [0.3, 0.4) is 0 Å². The van der Waals surface area contributed by atoms with Gasteiger partial charge in [-0.3, -0.25) is 4.79 Å². The normalized spacial score (nSPS) is 17.8. The molecule has 1 aliphatic carbocycles. The number of rotatable bonds is 3. The van der Waals surface area contributed by atoms with Crippen molar-refractivity contribution >= 4 is 5.95 Å². The predicted octanol–water partition coefficient (Wildman–Crippen LogP) is 2.06. The average Bonchev–Trinajstić information content (AvgIpc) is 3.02. The maximum atomic E-state index is 12.3. The minimum absolute atomic E-state index is 0.0562. The van der Waals surface area contributed by atoms with Gasteiger partial charge in [-0.1, -0.05) is 0 Å². The van der Waals surface area contributed by atoms with Crippen LogP contribution in [0.4, 0.5) is 5.95 Å². The lowest BCUT2D eigenvalue weighted by atomic mass is 9.97. The summed E-state index contributed by atoms with van der Waals surface area (Å²) in [5, 5.41) is 4.61. The molecule has 0 radical (unpaired) electrons. The molecule has 4 rings (SSSR count). The van der Waals surface area contributed by atoms with Crippen molar-refractivity contribution in [2.45, 2.75) is 52.5 Å². The summed E-state index contributed by atoms with van der Waals surface area (Å²) >= 11 is 0. The van der Waals surface area contributed by atoms with E-state index in [0.29, 0.717) is 5.92 Å². The number of aryl methyl sites for hydroxylation is 4. The van der Waals surface area contributed by atoms with Crippen LogP contribution in [-0.4, -0.2) is 32.8 Å². The van der Waals surface area contributed by atoms with E-state index in [-0.39, 0.29) is 5.56 Å². The van der Waals surface area contributed by atoms with E-state index in [1.54, 1.807) is 10.7 Å². The summed E-state index contributed by atoms with van der Waals surface area (Å²) in [6.07, 6.45) is 5.23. The average molecular weight is 339 g/mol. The molecule has 0 amide bonds. The quantitative estimate of drug-likeness (QED) is 0.856. The zero-order valence-corrected chi connectivity index (χ0v) is 15.0. The molecule has 0 bridgehead atoms. The fraction of sp³-hybridized carbons (Fsp3) is 0.579. The van der Waals surface area contributed by atoms with E-state index in [1.807, 2.05) is 19.9 Å². The molecule has 2 aliphatic rings. The topological polar surface area (TPSA) is 63.9 Å². The van der Waals surface area contributed by atoms with Crippen molar-refractivity contribution in [2.24, 2.45) is 5.92 Å². The summed E-state index contributed by atoms with van der Waals surface area (Å²) in [4.78, 5) is 23.7. The van der Waals surface area contributed by atoms with Gasteiger partial charge in [0.05, 0.1) is 5.69 Å². The van der Waals surface area contributed by atoms with Crippen molar-refractivity contribution in [1.82, 2.24) is 19.7 Å². The first-order chi connectivity index (χ1) is 12.1. The fourth-order valence-electron chi connectivity index (χ4n) is 3.98. The van der Waals surface area contributed by atoms with Crippen LogP contribution in [0.2, 0.25) is 0 Å². The molecule has 1 saturated heterocycles. The minimum Gasteiger partial charge on any atom is -0.341 e. The molecular formula is C19H25N5O. The summed E-state index contributed by atoms with van der Waals surface area (Å²) < 4.78 is 1.69. The minimum atomic E-state index is 0.0562. The highest BCUT2D eigenvalue weighted by molar-refractivity contribution is 5.32. The summed E-state index contributed by atoms with van der Waals surface area (Å²) in [5.41, 5.74) is 4.36. The fourth-order valence-corrected chi connectivity index (χ4v) is 3.98. The van der Waals surface area contributed by atoms with Crippen molar-refractivity contribution in [1.29, 1.82) is 0 Å². The second-order valence-electron chi connectivity index (χ2n) is 7.37. The number of nitrogens with zero attached hydrogens (tertiary/aromatic N) is 5. The number of piperidine rings is 1. The number of hydrogen-bond acceptors (Lipinski definition) is 5. The molecule has 1 fully saturated rings. The smallest absolute Gasteiger partial charge is 0.267 e. The highest BCUT2D eigenvalue weighted by Gasteiger charge is 2.23. The first-order valence-electron chi connectivity index (χ1n) is 9.25. The first kappa shape index (κ1) is 16.2. The third-order valence-electron chi connectivity index (χ3n) is 5.32. The molecule has 1 aliphatic heterocycles. The van der Waals surface area contributed by atoms with Gasteiger partial charge in [-0.05, 0) is 63.5 Å². The summed E-state index contributed by atoms with van der Waals surface area (Å²) in [6.45, 7) is 6.63. The van der Waals surface area contributed by atoms with Gasteiger partial charge in [-0.15, -0.1) is 0 Å². The Morgan fingerprint density at radius 1 is 1.08 bits per heavy atom. The lowest BCUT2D eigenvalue weighted by Crippen LogP contribution is -2.38. The van der Waals surface area contributed by atoms with Gasteiger partial charge in [0.2, 0.25) is 5.95 Å². The molecule has 0 aromatic carbocycles. The maximum absolute atomic E-state index is 12.3. The van der Waals surface area contributed by atoms with Gasteiger partial charge in [0.1, 0.15) is 0 Å². The zero-order valence-electron chi connectivity index (χ0n) is 15.0. The van der Waals surface area contributed by atoms with Crippen molar-refractivity contribution in [3.63, 3.8) is 0 Å². The Balaban J connectivity index is 1.42. The Kier molecular flexibility index (Phi) is 4.27. The van der Waals surface area contributed by atoms with E-state index in [1.165, 1.54) is 0 Å². The molecule has 0 spiro atoms. The van der Waals surface area contributed by atoms with E-state index in [2.05, 4.69) is 20.0 Å². The Labute approximate surface area is 147 Å². The molecule has 2 aromatic heterocycles. The van der Waals surface area contributed by atoms with E-state index >= 15 is 0 Å². The highest BCUT2D eigenvalue weighted by atomic mass is 16.1. The number of aromatic nitrogens is 4. The Morgan fingerprint density at radius 2 is 1.80 bits per heavy atom. The lowest BCUT2D eigenvalue weighted by molar-refractivity contribution is 0.332. The largest absolute Gasteiger partial charge is 0.341 e. The van der Waals surface area contributed by atoms with Crippen LogP contribution >= 0.6 is 0 Å². The van der Waals surface area contributed by atoms with Crippen LogP contribution < -0.4 is 10.5 Å². The molecule has 0 unspecified atom stereocenters. The van der Waals surface area contributed by atoms with Crippen LogP contribution in [-0.2, 0) is 19.4 Å². The predicted molar refractivity (Wildman–Crippen MR) is 97.0 cm³/mol. The van der Waals surface area contributed by atoms with Gasteiger partial charge < -0.3 is 4.90 Å². The second kappa shape index (κ2) is 6.58. The summed E-state index contributed by atoms with van der Waals surface area (Å²) in [5.74, 6) is 1.33. The van der Waals surface area contributed by atoms with E-state index in [0.717, 1.165) is 80.3 Å². The Morgan fingerprint density at radius 3 is 2.52 bits per heavy atom. The van der Waals surface area contributed by atoms with Crippen LogP contribution in [0.1, 0.15) is 41.9 Å². The molecule has 2 aromatic rings. The second-order valence-corrected chi connectivity index (χ2v) is 7.37. The highest BCUT2D eigenvalue weighted by Crippen LogP contribution is 2.23. The third-order valence-corrected chi connectivity index (χ3v) is 5.32. The van der Waals surface area contributed by atoms with Crippen molar-refractivity contribution in [3.8, 4) is 0 Å². The van der Waals surface area contributed by atoms with E-state index in [4.69, 9.17) is 0 Å². The first-order valence-corrected chi connectivity index (χ1v) is 9.25. The van der Waals surface area contributed by atoms with Crippen LogP contribution in [0.25, 0.3) is 0 Å². The SMILES string of the molecule is Cc1cc(C)nc(N2CCC(Cn3nc4c(cc3=O)CCC4)CC2)n1. The lowest BCUT2D eigenvalue weighted by Gasteiger charge is -2.32.